The van der Waals surface area contributed by atoms with Crippen LogP contribution < -0.4 is 5.73 Å². The number of hydrogen-bond acceptors (Lipinski definition) is 4. The lowest BCUT2D eigenvalue weighted by molar-refractivity contribution is 0.128. The standard InChI is InChI=1S/C14H23NO2S/c1-3-12(15)14(13-7-6-10(2)17-13)18-9-11-5-4-8-16-11/h6-7,11-12,14H,3-5,8-9,15H2,1-2H3. The van der Waals surface area contributed by atoms with Crippen molar-refractivity contribution in [3.63, 3.8) is 0 Å². The van der Waals surface area contributed by atoms with Crippen LogP contribution in [0, 0.1) is 6.92 Å². The fraction of sp³-hybridized carbons (Fsp3) is 0.714. The first-order valence-electron chi connectivity index (χ1n) is 6.75. The summed E-state index contributed by atoms with van der Waals surface area (Å²) in [4.78, 5) is 0. The van der Waals surface area contributed by atoms with Crippen LogP contribution >= 0.6 is 11.8 Å². The number of nitrogens with two attached hydrogens (primary N) is 1. The molecule has 1 aliphatic rings. The van der Waals surface area contributed by atoms with E-state index in [1.807, 2.05) is 24.8 Å². The second-order valence-corrected chi connectivity index (χ2v) is 6.08. The van der Waals surface area contributed by atoms with Gasteiger partial charge in [-0.3, -0.25) is 0 Å². The van der Waals surface area contributed by atoms with E-state index in [2.05, 4.69) is 13.0 Å². The summed E-state index contributed by atoms with van der Waals surface area (Å²) in [5.74, 6) is 2.97. The van der Waals surface area contributed by atoms with E-state index >= 15 is 0 Å². The van der Waals surface area contributed by atoms with Crippen molar-refractivity contribution < 1.29 is 9.15 Å². The molecular weight excluding hydrogens is 246 g/mol. The molecule has 3 nitrogen and oxygen atoms in total. The summed E-state index contributed by atoms with van der Waals surface area (Å²) < 4.78 is 11.4. The number of furan rings is 1. The molecule has 102 valence electrons. The lowest BCUT2D eigenvalue weighted by atomic mass is 10.1. The highest BCUT2D eigenvalue weighted by molar-refractivity contribution is 7.99. The van der Waals surface area contributed by atoms with Gasteiger partial charge in [0.1, 0.15) is 11.5 Å². The highest BCUT2D eigenvalue weighted by Gasteiger charge is 2.25. The van der Waals surface area contributed by atoms with E-state index in [0.717, 1.165) is 30.3 Å². The van der Waals surface area contributed by atoms with Crippen molar-refractivity contribution in [1.82, 2.24) is 0 Å². The predicted molar refractivity (Wildman–Crippen MR) is 75.9 cm³/mol. The molecule has 0 saturated carbocycles. The van der Waals surface area contributed by atoms with Gasteiger partial charge in [-0.15, -0.1) is 11.8 Å². The summed E-state index contributed by atoms with van der Waals surface area (Å²) >= 11 is 1.87. The fourth-order valence-corrected chi connectivity index (χ4v) is 3.64. The van der Waals surface area contributed by atoms with Crippen molar-refractivity contribution in [3.8, 4) is 0 Å². The fourth-order valence-electron chi connectivity index (χ4n) is 2.22. The van der Waals surface area contributed by atoms with Gasteiger partial charge in [-0.1, -0.05) is 6.92 Å². The molecule has 1 aromatic rings. The monoisotopic (exact) mass is 269 g/mol. The van der Waals surface area contributed by atoms with E-state index < -0.39 is 0 Å². The minimum Gasteiger partial charge on any atom is -0.465 e. The van der Waals surface area contributed by atoms with Gasteiger partial charge in [-0.2, -0.15) is 0 Å². The van der Waals surface area contributed by atoms with Crippen molar-refractivity contribution in [2.45, 2.75) is 50.5 Å². The molecule has 1 fully saturated rings. The van der Waals surface area contributed by atoms with Crippen molar-refractivity contribution in [2.75, 3.05) is 12.4 Å². The molecule has 2 heterocycles. The maximum Gasteiger partial charge on any atom is 0.118 e. The topological polar surface area (TPSA) is 48.4 Å². The van der Waals surface area contributed by atoms with Crippen molar-refractivity contribution in [3.05, 3.63) is 23.7 Å². The molecule has 1 saturated heterocycles. The molecule has 2 N–H and O–H groups in total. The minimum atomic E-state index is 0.141. The summed E-state index contributed by atoms with van der Waals surface area (Å²) in [5.41, 5.74) is 6.22. The van der Waals surface area contributed by atoms with Crippen LogP contribution in [-0.2, 0) is 4.74 Å². The van der Waals surface area contributed by atoms with E-state index in [1.165, 1.54) is 12.8 Å². The molecule has 0 bridgehead atoms. The zero-order valence-electron chi connectivity index (χ0n) is 11.2. The van der Waals surface area contributed by atoms with Crippen LogP contribution in [0.3, 0.4) is 0 Å². The van der Waals surface area contributed by atoms with Crippen LogP contribution in [0.4, 0.5) is 0 Å². The lowest BCUT2D eigenvalue weighted by Crippen LogP contribution is -2.26. The Morgan fingerprint density at radius 3 is 2.89 bits per heavy atom. The van der Waals surface area contributed by atoms with Crippen LogP contribution in [0.1, 0.15) is 43.0 Å². The number of ether oxygens (including phenoxy) is 1. The van der Waals surface area contributed by atoms with Gasteiger partial charge in [0.2, 0.25) is 0 Å². The summed E-state index contributed by atoms with van der Waals surface area (Å²) in [7, 11) is 0. The van der Waals surface area contributed by atoms with E-state index in [1.54, 1.807) is 0 Å². The Morgan fingerprint density at radius 2 is 2.33 bits per heavy atom. The SMILES string of the molecule is CCC(N)C(SCC1CCCO1)c1ccc(C)o1. The highest BCUT2D eigenvalue weighted by Crippen LogP contribution is 2.35. The Bertz CT molecular complexity index is 360. The average molecular weight is 269 g/mol. The molecule has 1 aliphatic heterocycles. The molecule has 0 radical (unpaired) electrons. The summed E-state index contributed by atoms with van der Waals surface area (Å²) in [6, 6.07) is 4.21. The first kappa shape index (κ1) is 14.0. The van der Waals surface area contributed by atoms with E-state index in [0.29, 0.717) is 6.10 Å². The van der Waals surface area contributed by atoms with Gasteiger partial charge in [0, 0.05) is 18.4 Å². The molecule has 1 aromatic heterocycles. The van der Waals surface area contributed by atoms with Gasteiger partial charge in [-0.05, 0) is 38.3 Å². The quantitative estimate of drug-likeness (QED) is 0.861. The molecule has 3 atom stereocenters. The average Bonchev–Trinajstić information content (AvgIpc) is 3.01. The zero-order chi connectivity index (χ0) is 13.0. The van der Waals surface area contributed by atoms with Gasteiger partial charge in [0.25, 0.3) is 0 Å². The molecule has 0 spiro atoms. The summed E-state index contributed by atoms with van der Waals surface area (Å²) in [6.07, 6.45) is 3.73. The second-order valence-electron chi connectivity index (χ2n) is 4.91. The molecule has 4 heteroatoms. The first-order chi connectivity index (χ1) is 8.70. The third-order valence-electron chi connectivity index (χ3n) is 3.39. The van der Waals surface area contributed by atoms with Crippen LogP contribution in [-0.4, -0.2) is 24.5 Å². The second kappa shape index (κ2) is 6.64. The molecule has 0 aliphatic carbocycles. The van der Waals surface area contributed by atoms with Crippen LogP contribution in [0.5, 0.6) is 0 Å². The Hall–Kier alpha value is -0.450. The Morgan fingerprint density at radius 1 is 1.50 bits per heavy atom. The van der Waals surface area contributed by atoms with Crippen molar-refractivity contribution in [1.29, 1.82) is 0 Å². The smallest absolute Gasteiger partial charge is 0.118 e. The maximum atomic E-state index is 6.22. The van der Waals surface area contributed by atoms with Crippen LogP contribution in [0.25, 0.3) is 0 Å². The zero-order valence-corrected chi connectivity index (χ0v) is 12.0. The molecule has 0 aromatic carbocycles. The summed E-state index contributed by atoms with van der Waals surface area (Å²) in [6.45, 7) is 5.01. The highest BCUT2D eigenvalue weighted by atomic mass is 32.2. The van der Waals surface area contributed by atoms with Gasteiger partial charge in [0.05, 0.1) is 11.4 Å². The maximum absolute atomic E-state index is 6.22. The van der Waals surface area contributed by atoms with Crippen molar-refractivity contribution in [2.24, 2.45) is 5.73 Å². The number of hydrogen-bond donors (Lipinski definition) is 1. The lowest BCUT2D eigenvalue weighted by Gasteiger charge is -2.22. The van der Waals surface area contributed by atoms with Gasteiger partial charge in [-0.25, -0.2) is 0 Å². The Balaban J connectivity index is 1.96. The molecule has 3 unspecified atom stereocenters. The molecule has 18 heavy (non-hydrogen) atoms. The van der Waals surface area contributed by atoms with E-state index in [-0.39, 0.29) is 11.3 Å². The molecule has 0 amide bonds. The van der Waals surface area contributed by atoms with Crippen molar-refractivity contribution >= 4 is 11.8 Å². The number of rotatable bonds is 6. The largest absolute Gasteiger partial charge is 0.465 e. The summed E-state index contributed by atoms with van der Waals surface area (Å²) in [5, 5.41) is 0.243. The van der Waals surface area contributed by atoms with Gasteiger partial charge >= 0.3 is 0 Å². The third-order valence-corrected chi connectivity index (χ3v) is 4.89. The molecule has 2 rings (SSSR count). The van der Waals surface area contributed by atoms with E-state index in [4.69, 9.17) is 14.9 Å². The third kappa shape index (κ3) is 3.53. The van der Waals surface area contributed by atoms with Gasteiger partial charge < -0.3 is 14.9 Å². The number of aryl methyl sites for hydroxylation is 1. The normalized spacial score (nSPS) is 23.2. The first-order valence-corrected chi connectivity index (χ1v) is 7.80. The van der Waals surface area contributed by atoms with Gasteiger partial charge in [0.15, 0.2) is 0 Å². The Labute approximate surface area is 113 Å². The van der Waals surface area contributed by atoms with Crippen LogP contribution in [0.2, 0.25) is 0 Å². The van der Waals surface area contributed by atoms with E-state index in [9.17, 15) is 0 Å². The Kier molecular flexibility index (Phi) is 5.15. The number of thioether (sulfide) groups is 1. The predicted octanol–water partition coefficient (Wildman–Crippen LogP) is 3.28. The minimum absolute atomic E-state index is 0.141. The van der Waals surface area contributed by atoms with Crippen LogP contribution in [0.15, 0.2) is 16.5 Å². The molecular formula is C14H23NO2S.